The summed E-state index contributed by atoms with van der Waals surface area (Å²) in [4.78, 5) is 0. The second-order valence-corrected chi connectivity index (χ2v) is 7.99. The molecular weight excluding hydrogens is 369 g/mol. The van der Waals surface area contributed by atoms with Crippen LogP contribution in [0, 0.1) is 11.8 Å². The normalized spacial score (nSPS) is 31.7. The van der Waals surface area contributed by atoms with Crippen LogP contribution < -0.4 is 24.0 Å². The summed E-state index contributed by atoms with van der Waals surface area (Å²) in [5.41, 5.74) is 0. The van der Waals surface area contributed by atoms with Crippen LogP contribution >= 0.6 is 0 Å². The average molecular weight is 407 g/mol. The van der Waals surface area contributed by atoms with E-state index in [4.69, 9.17) is 0 Å². The molecule has 2 unspecified atom stereocenters. The van der Waals surface area contributed by atoms with E-state index in [1.165, 1.54) is 101 Å². The number of quaternary nitrogens is 1. The van der Waals surface area contributed by atoms with Crippen LogP contribution in [0.5, 0.6) is 0 Å². The van der Waals surface area contributed by atoms with Gasteiger partial charge in [0, 0.05) is 11.8 Å². The Morgan fingerprint density at radius 3 is 1.76 bits per heavy atom. The predicted molar refractivity (Wildman–Crippen MR) is 88.8 cm³/mol. The Balaban J connectivity index is 0.00000220. The van der Waals surface area contributed by atoms with Crippen LogP contribution in [-0.2, 0) is 0 Å². The summed E-state index contributed by atoms with van der Waals surface area (Å²) in [5, 5.41) is 0. The van der Waals surface area contributed by atoms with Crippen LogP contribution in [0.1, 0.15) is 84.0 Å². The molecule has 2 aliphatic rings. The average Bonchev–Trinajstić information content (AvgIpc) is 2.78. The van der Waals surface area contributed by atoms with Gasteiger partial charge in [-0.05, 0) is 25.7 Å². The summed E-state index contributed by atoms with van der Waals surface area (Å²) < 4.78 is 1.41. The van der Waals surface area contributed by atoms with Crippen molar-refractivity contribution in [1.29, 1.82) is 0 Å². The minimum Gasteiger partial charge on any atom is -1.00 e. The fourth-order valence-electron chi connectivity index (χ4n) is 4.78. The zero-order chi connectivity index (χ0) is 14.3. The molecule has 1 nitrogen and oxygen atoms in total. The largest absolute Gasteiger partial charge is 1.00 e. The summed E-state index contributed by atoms with van der Waals surface area (Å²) in [5.74, 6) is 2.17. The lowest BCUT2D eigenvalue weighted by Gasteiger charge is -2.30. The van der Waals surface area contributed by atoms with Gasteiger partial charge in [-0.2, -0.15) is 0 Å². The van der Waals surface area contributed by atoms with Crippen molar-refractivity contribution < 1.29 is 28.5 Å². The first kappa shape index (κ1) is 19.7. The minimum absolute atomic E-state index is 0. The van der Waals surface area contributed by atoms with E-state index in [1.807, 2.05) is 0 Å². The van der Waals surface area contributed by atoms with Gasteiger partial charge in [0.15, 0.2) is 0 Å². The predicted octanol–water partition coefficient (Wildman–Crippen LogP) is 2.40. The third kappa shape index (κ3) is 6.76. The molecule has 1 aliphatic heterocycles. The number of hydrogen-bond acceptors (Lipinski definition) is 0. The summed E-state index contributed by atoms with van der Waals surface area (Å²) in [6, 6.07) is 0. The van der Waals surface area contributed by atoms with Gasteiger partial charge < -0.3 is 28.5 Å². The first-order valence-electron chi connectivity index (χ1n) is 9.57. The minimum atomic E-state index is 0. The Labute approximate surface area is 150 Å². The molecule has 2 rings (SSSR count). The Morgan fingerprint density at radius 1 is 0.762 bits per heavy atom. The van der Waals surface area contributed by atoms with E-state index in [2.05, 4.69) is 14.0 Å². The van der Waals surface area contributed by atoms with Gasteiger partial charge in [-0.3, -0.25) is 0 Å². The number of fused-ring (bicyclic) bond motifs is 1. The Kier molecular flexibility index (Phi) is 9.83. The molecule has 2 fully saturated rings. The van der Waals surface area contributed by atoms with E-state index in [0.717, 1.165) is 11.8 Å². The monoisotopic (exact) mass is 407 g/mol. The number of nitrogens with zero attached hydrogens (tertiary/aromatic N) is 1. The number of likely N-dealkylation sites (tertiary alicyclic amines) is 1. The van der Waals surface area contributed by atoms with Gasteiger partial charge in [0.1, 0.15) is 0 Å². The molecule has 0 aromatic carbocycles. The highest BCUT2D eigenvalue weighted by atomic mass is 127. The molecule has 0 bridgehead atoms. The molecule has 126 valence electrons. The molecule has 1 aliphatic carbocycles. The summed E-state index contributed by atoms with van der Waals surface area (Å²) in [6.45, 7) is 6.77. The lowest BCUT2D eigenvalue weighted by atomic mass is 9.82. The molecule has 1 saturated carbocycles. The van der Waals surface area contributed by atoms with Crippen LogP contribution in [0.2, 0.25) is 0 Å². The quantitative estimate of drug-likeness (QED) is 0.313. The van der Waals surface area contributed by atoms with Crippen molar-refractivity contribution >= 4 is 0 Å². The third-order valence-electron chi connectivity index (χ3n) is 5.97. The van der Waals surface area contributed by atoms with Crippen LogP contribution in [0.4, 0.5) is 0 Å². The number of rotatable bonds is 9. The van der Waals surface area contributed by atoms with Gasteiger partial charge in [0.2, 0.25) is 0 Å². The van der Waals surface area contributed by atoms with Gasteiger partial charge in [0.05, 0.1) is 26.7 Å². The second kappa shape index (κ2) is 10.5. The van der Waals surface area contributed by atoms with Crippen LogP contribution in [0.25, 0.3) is 0 Å². The van der Waals surface area contributed by atoms with E-state index in [9.17, 15) is 0 Å². The molecule has 1 heterocycles. The second-order valence-electron chi connectivity index (χ2n) is 7.99. The molecule has 1 saturated heterocycles. The molecule has 0 N–H and O–H groups in total. The highest BCUT2D eigenvalue weighted by Crippen LogP contribution is 2.39. The molecule has 0 spiro atoms. The van der Waals surface area contributed by atoms with Crippen LogP contribution in [0.15, 0.2) is 0 Å². The summed E-state index contributed by atoms with van der Waals surface area (Å²) >= 11 is 0. The highest BCUT2D eigenvalue weighted by Gasteiger charge is 2.42. The maximum absolute atomic E-state index is 2.54. The van der Waals surface area contributed by atoms with Crippen LogP contribution in [-0.4, -0.2) is 31.2 Å². The first-order chi connectivity index (χ1) is 9.73. The van der Waals surface area contributed by atoms with Gasteiger partial charge in [0.25, 0.3) is 0 Å². The van der Waals surface area contributed by atoms with Crippen molar-refractivity contribution in [1.82, 2.24) is 0 Å². The molecule has 0 aromatic rings. The molecule has 0 radical (unpaired) electrons. The summed E-state index contributed by atoms with van der Waals surface area (Å²) in [6.07, 6.45) is 17.8. The van der Waals surface area contributed by atoms with E-state index < -0.39 is 0 Å². The Hall–Kier alpha value is 0.690. The maximum atomic E-state index is 2.54. The Bertz CT molecular complexity index is 252. The molecule has 21 heavy (non-hydrogen) atoms. The molecule has 0 aromatic heterocycles. The topological polar surface area (TPSA) is 0 Å². The van der Waals surface area contributed by atoms with Gasteiger partial charge >= 0.3 is 0 Å². The van der Waals surface area contributed by atoms with Crippen molar-refractivity contribution in [3.63, 3.8) is 0 Å². The van der Waals surface area contributed by atoms with E-state index in [1.54, 1.807) is 0 Å². The third-order valence-corrected chi connectivity index (χ3v) is 5.97. The molecule has 2 heteroatoms. The SMILES string of the molecule is CCCCCCCCCC[N+]1(C)CC2CCCCC2C1.[I-]. The molecule has 2 atom stereocenters. The lowest BCUT2D eigenvalue weighted by molar-refractivity contribution is -0.900. The highest BCUT2D eigenvalue weighted by molar-refractivity contribution is 4.80. The fourth-order valence-corrected chi connectivity index (χ4v) is 4.78. The summed E-state index contributed by atoms with van der Waals surface area (Å²) in [7, 11) is 2.54. The maximum Gasteiger partial charge on any atom is 0.0818 e. The number of unbranched alkanes of at least 4 members (excludes halogenated alkanes) is 7. The van der Waals surface area contributed by atoms with Gasteiger partial charge in [-0.25, -0.2) is 0 Å². The van der Waals surface area contributed by atoms with Crippen LogP contribution in [0.3, 0.4) is 0 Å². The number of hydrogen-bond donors (Lipinski definition) is 0. The van der Waals surface area contributed by atoms with Crippen molar-refractivity contribution in [2.75, 3.05) is 26.7 Å². The van der Waals surface area contributed by atoms with Crippen molar-refractivity contribution in [2.45, 2.75) is 84.0 Å². The molecular formula is C19H38IN. The first-order valence-corrected chi connectivity index (χ1v) is 9.57. The zero-order valence-corrected chi connectivity index (χ0v) is 16.7. The van der Waals surface area contributed by atoms with Gasteiger partial charge in [-0.1, -0.05) is 58.3 Å². The van der Waals surface area contributed by atoms with E-state index in [0.29, 0.717) is 0 Å². The smallest absolute Gasteiger partial charge is 0.0818 e. The van der Waals surface area contributed by atoms with Crippen molar-refractivity contribution in [3.8, 4) is 0 Å². The van der Waals surface area contributed by atoms with E-state index >= 15 is 0 Å². The lowest BCUT2D eigenvalue weighted by Crippen LogP contribution is -3.00. The van der Waals surface area contributed by atoms with Crippen molar-refractivity contribution in [3.05, 3.63) is 0 Å². The fraction of sp³-hybridized carbons (Fsp3) is 1.00. The standard InChI is InChI=1S/C19H38N.HI/c1-3-4-5-6-7-8-9-12-15-20(2)16-18-13-10-11-14-19(18)17-20;/h18-19H,3-17H2,1-2H3;1H/q+1;/p-1. The molecule has 0 amide bonds. The Morgan fingerprint density at radius 2 is 1.24 bits per heavy atom. The van der Waals surface area contributed by atoms with Crippen molar-refractivity contribution in [2.24, 2.45) is 11.8 Å². The van der Waals surface area contributed by atoms with E-state index in [-0.39, 0.29) is 24.0 Å². The van der Waals surface area contributed by atoms with Gasteiger partial charge in [-0.15, -0.1) is 0 Å². The zero-order valence-electron chi connectivity index (χ0n) is 14.6. The number of halogens is 1.